The molecule has 0 aliphatic heterocycles. The number of halogens is 2. The van der Waals surface area contributed by atoms with E-state index >= 15 is 0 Å². The third-order valence-electron chi connectivity index (χ3n) is 3.98. The van der Waals surface area contributed by atoms with Crippen molar-refractivity contribution in [3.8, 4) is 0 Å². The lowest BCUT2D eigenvalue weighted by molar-refractivity contribution is 0.102. The Kier molecular flexibility index (Phi) is 5.98. The first-order valence-electron chi connectivity index (χ1n) is 8.44. The minimum absolute atomic E-state index is 0.0591. The highest BCUT2D eigenvalue weighted by molar-refractivity contribution is 6.31. The van der Waals surface area contributed by atoms with Crippen LogP contribution in [0.4, 0.5) is 15.9 Å². The first-order chi connectivity index (χ1) is 13.1. The molecule has 0 fully saturated rings. The molecule has 138 valence electrons. The summed E-state index contributed by atoms with van der Waals surface area (Å²) in [6.07, 6.45) is 1.36. The molecule has 3 rings (SSSR count). The van der Waals surface area contributed by atoms with Gasteiger partial charge >= 0.3 is 0 Å². The fourth-order valence-corrected chi connectivity index (χ4v) is 2.75. The molecule has 0 atom stereocenters. The maximum atomic E-state index is 13.2. The van der Waals surface area contributed by atoms with E-state index in [-0.39, 0.29) is 10.7 Å². The van der Waals surface area contributed by atoms with E-state index in [0.717, 1.165) is 12.1 Å². The molecule has 2 aromatic carbocycles. The molecule has 0 aliphatic carbocycles. The SMILES string of the molecule is CCN(Cc1ccccc1)c1cc(C(=O)Nc2ccc(F)c(Cl)c2)ncn1. The standard InChI is InChI=1S/C20H18ClFN4O/c1-2-26(12-14-6-4-3-5-7-14)19-11-18(23-13-24-19)20(27)25-15-8-9-17(22)16(21)10-15/h3-11,13H,2,12H2,1H3,(H,25,27). The third kappa shape index (κ3) is 4.80. The molecule has 1 N–H and O–H groups in total. The second-order valence-electron chi connectivity index (χ2n) is 5.84. The zero-order chi connectivity index (χ0) is 19.2. The van der Waals surface area contributed by atoms with E-state index in [0.29, 0.717) is 18.1 Å². The lowest BCUT2D eigenvalue weighted by Crippen LogP contribution is -2.24. The van der Waals surface area contributed by atoms with E-state index in [1.54, 1.807) is 6.07 Å². The third-order valence-corrected chi connectivity index (χ3v) is 4.27. The molecule has 0 unspecified atom stereocenters. The van der Waals surface area contributed by atoms with Crippen LogP contribution >= 0.6 is 11.6 Å². The molecule has 5 nitrogen and oxygen atoms in total. The van der Waals surface area contributed by atoms with Crippen molar-refractivity contribution >= 4 is 29.0 Å². The van der Waals surface area contributed by atoms with Crippen LogP contribution in [0.2, 0.25) is 5.02 Å². The van der Waals surface area contributed by atoms with Crippen LogP contribution in [0.1, 0.15) is 23.0 Å². The fourth-order valence-electron chi connectivity index (χ4n) is 2.57. The lowest BCUT2D eigenvalue weighted by Gasteiger charge is -2.22. The van der Waals surface area contributed by atoms with Gasteiger partial charge in [-0.2, -0.15) is 0 Å². The quantitative estimate of drug-likeness (QED) is 0.677. The van der Waals surface area contributed by atoms with Crippen molar-refractivity contribution in [1.29, 1.82) is 0 Å². The Morgan fingerprint density at radius 1 is 1.15 bits per heavy atom. The average molecular weight is 385 g/mol. The smallest absolute Gasteiger partial charge is 0.274 e. The van der Waals surface area contributed by atoms with Crippen molar-refractivity contribution in [1.82, 2.24) is 9.97 Å². The lowest BCUT2D eigenvalue weighted by atomic mass is 10.2. The number of carbonyl (C=O) groups is 1. The molecule has 3 aromatic rings. The van der Waals surface area contributed by atoms with E-state index in [1.807, 2.05) is 42.2 Å². The van der Waals surface area contributed by atoms with Gasteiger partial charge in [0.05, 0.1) is 5.02 Å². The van der Waals surface area contributed by atoms with Crippen molar-refractivity contribution in [2.24, 2.45) is 0 Å². The Hall–Kier alpha value is -2.99. The highest BCUT2D eigenvalue weighted by Crippen LogP contribution is 2.20. The van der Waals surface area contributed by atoms with Crippen LogP contribution in [0.5, 0.6) is 0 Å². The predicted octanol–water partition coefficient (Wildman–Crippen LogP) is 4.55. The molecule has 27 heavy (non-hydrogen) atoms. The van der Waals surface area contributed by atoms with Gasteiger partial charge < -0.3 is 10.2 Å². The topological polar surface area (TPSA) is 58.1 Å². The number of rotatable bonds is 6. The van der Waals surface area contributed by atoms with Crippen LogP contribution in [0.15, 0.2) is 60.9 Å². The van der Waals surface area contributed by atoms with Crippen molar-refractivity contribution in [2.75, 3.05) is 16.8 Å². The highest BCUT2D eigenvalue weighted by Gasteiger charge is 2.13. The van der Waals surface area contributed by atoms with Gasteiger partial charge in [-0.15, -0.1) is 0 Å². The van der Waals surface area contributed by atoms with Crippen molar-refractivity contribution in [3.63, 3.8) is 0 Å². The summed E-state index contributed by atoms with van der Waals surface area (Å²) in [5.74, 6) is -0.311. The number of nitrogens with zero attached hydrogens (tertiary/aromatic N) is 3. The molecule has 7 heteroatoms. The monoisotopic (exact) mass is 384 g/mol. The maximum Gasteiger partial charge on any atom is 0.274 e. The first kappa shape index (κ1) is 18.8. The number of aromatic nitrogens is 2. The summed E-state index contributed by atoms with van der Waals surface area (Å²) in [6, 6.07) is 15.6. The summed E-state index contributed by atoms with van der Waals surface area (Å²) in [7, 11) is 0. The second-order valence-corrected chi connectivity index (χ2v) is 6.25. The van der Waals surface area contributed by atoms with Crippen LogP contribution in [-0.4, -0.2) is 22.4 Å². The van der Waals surface area contributed by atoms with E-state index in [1.165, 1.54) is 24.5 Å². The summed E-state index contributed by atoms with van der Waals surface area (Å²) in [4.78, 5) is 22.8. The van der Waals surface area contributed by atoms with Gasteiger partial charge in [-0.3, -0.25) is 4.79 Å². The number of hydrogen-bond donors (Lipinski definition) is 1. The van der Waals surface area contributed by atoms with Gasteiger partial charge in [-0.25, -0.2) is 14.4 Å². The minimum atomic E-state index is -0.543. The van der Waals surface area contributed by atoms with Gasteiger partial charge in [0.15, 0.2) is 0 Å². The number of carbonyl (C=O) groups excluding carboxylic acids is 1. The Morgan fingerprint density at radius 2 is 1.93 bits per heavy atom. The minimum Gasteiger partial charge on any atom is -0.352 e. The molecular weight excluding hydrogens is 367 g/mol. The Morgan fingerprint density at radius 3 is 2.63 bits per heavy atom. The average Bonchev–Trinajstić information content (AvgIpc) is 2.70. The first-order valence-corrected chi connectivity index (χ1v) is 8.82. The van der Waals surface area contributed by atoms with E-state index in [9.17, 15) is 9.18 Å². The summed E-state index contributed by atoms with van der Waals surface area (Å²) in [6.45, 7) is 3.41. The van der Waals surface area contributed by atoms with Crippen LogP contribution < -0.4 is 10.2 Å². The van der Waals surface area contributed by atoms with Crippen molar-refractivity contribution < 1.29 is 9.18 Å². The largest absolute Gasteiger partial charge is 0.352 e. The summed E-state index contributed by atoms with van der Waals surface area (Å²) < 4.78 is 13.2. The fraction of sp³-hybridized carbons (Fsp3) is 0.150. The number of benzene rings is 2. The zero-order valence-corrected chi connectivity index (χ0v) is 15.4. The highest BCUT2D eigenvalue weighted by atomic mass is 35.5. The van der Waals surface area contributed by atoms with Gasteiger partial charge in [0.25, 0.3) is 5.91 Å². The number of nitrogens with one attached hydrogen (secondary N) is 1. The second kappa shape index (κ2) is 8.60. The van der Waals surface area contributed by atoms with Crippen LogP contribution in [-0.2, 0) is 6.54 Å². The van der Waals surface area contributed by atoms with E-state index < -0.39 is 11.7 Å². The Labute approximate surface area is 161 Å². The number of anilines is 2. The van der Waals surface area contributed by atoms with E-state index in [2.05, 4.69) is 15.3 Å². The molecule has 1 amide bonds. The van der Waals surface area contributed by atoms with Gasteiger partial charge in [0, 0.05) is 24.8 Å². The number of amides is 1. The predicted molar refractivity (Wildman–Crippen MR) is 105 cm³/mol. The summed E-state index contributed by atoms with van der Waals surface area (Å²) in [5.41, 5.74) is 1.75. The number of hydrogen-bond acceptors (Lipinski definition) is 4. The van der Waals surface area contributed by atoms with Crippen LogP contribution in [0.25, 0.3) is 0 Å². The normalized spacial score (nSPS) is 10.5. The Bertz CT molecular complexity index is 936. The van der Waals surface area contributed by atoms with Crippen molar-refractivity contribution in [3.05, 3.63) is 83.0 Å². The summed E-state index contributed by atoms with van der Waals surface area (Å²) >= 11 is 5.75. The molecule has 0 bridgehead atoms. The molecule has 1 aromatic heterocycles. The molecule has 0 saturated heterocycles. The van der Waals surface area contributed by atoms with Crippen LogP contribution in [0.3, 0.4) is 0 Å². The van der Waals surface area contributed by atoms with E-state index in [4.69, 9.17) is 11.6 Å². The van der Waals surface area contributed by atoms with Gasteiger partial charge in [-0.1, -0.05) is 41.9 Å². The molecule has 1 heterocycles. The van der Waals surface area contributed by atoms with Crippen LogP contribution in [0, 0.1) is 5.82 Å². The van der Waals surface area contributed by atoms with Gasteiger partial charge in [-0.05, 0) is 30.7 Å². The molecule has 0 radical (unpaired) electrons. The van der Waals surface area contributed by atoms with Gasteiger partial charge in [0.1, 0.15) is 23.7 Å². The molecular formula is C20H18ClFN4O. The maximum absolute atomic E-state index is 13.2. The molecule has 0 saturated carbocycles. The van der Waals surface area contributed by atoms with Crippen molar-refractivity contribution in [2.45, 2.75) is 13.5 Å². The molecule has 0 aliphatic rings. The zero-order valence-electron chi connectivity index (χ0n) is 14.7. The molecule has 0 spiro atoms. The van der Waals surface area contributed by atoms with Gasteiger partial charge in [0.2, 0.25) is 0 Å². The summed E-state index contributed by atoms with van der Waals surface area (Å²) in [5, 5.41) is 2.60. The Balaban J connectivity index is 1.77.